The standard InChI is InChI=1S/C16H44N2O9Si4/c1-9-23-30(24-10-2,15-11-13-17)27-31(16-12-14-18,25-28(7,19-3)20-4)26-29(8,21-5)22-6/h9-18H2,1-8H3. The Bertz CT molecular complexity index is 448. The van der Waals surface area contributed by atoms with Crippen molar-refractivity contribution in [3.05, 3.63) is 0 Å². The van der Waals surface area contributed by atoms with Crippen LogP contribution in [-0.4, -0.2) is 90.0 Å². The summed E-state index contributed by atoms with van der Waals surface area (Å²) < 4.78 is 54.4. The Balaban J connectivity index is 6.49. The highest BCUT2D eigenvalue weighted by Gasteiger charge is 2.60. The Labute approximate surface area is 192 Å². The highest BCUT2D eigenvalue weighted by atomic mass is 28.5. The molecule has 0 spiro atoms. The van der Waals surface area contributed by atoms with Gasteiger partial charge in [0.1, 0.15) is 0 Å². The molecule has 0 radical (unpaired) electrons. The molecule has 0 aliphatic heterocycles. The van der Waals surface area contributed by atoms with Crippen LogP contribution in [0.4, 0.5) is 0 Å². The molecular formula is C16H44N2O9Si4. The fourth-order valence-electron chi connectivity index (χ4n) is 2.72. The molecule has 0 heterocycles. The predicted molar refractivity (Wildman–Crippen MR) is 126 cm³/mol. The van der Waals surface area contributed by atoms with Crippen LogP contribution >= 0.6 is 0 Å². The quantitative estimate of drug-likeness (QED) is 0.225. The molecule has 0 saturated heterocycles. The van der Waals surface area contributed by atoms with E-state index in [-0.39, 0.29) is 0 Å². The fraction of sp³-hybridized carbons (Fsp3) is 1.00. The van der Waals surface area contributed by atoms with Crippen molar-refractivity contribution in [1.82, 2.24) is 0 Å². The predicted octanol–water partition coefficient (Wildman–Crippen LogP) is 1.41. The van der Waals surface area contributed by atoms with Crippen molar-refractivity contribution >= 4 is 35.2 Å². The molecule has 188 valence electrons. The Morgan fingerprint density at radius 1 is 0.581 bits per heavy atom. The number of hydrogen-bond acceptors (Lipinski definition) is 11. The van der Waals surface area contributed by atoms with Crippen LogP contribution in [0.25, 0.3) is 0 Å². The van der Waals surface area contributed by atoms with Crippen LogP contribution in [0.5, 0.6) is 0 Å². The molecule has 0 fully saturated rings. The van der Waals surface area contributed by atoms with E-state index in [0.717, 1.165) is 0 Å². The molecule has 0 aromatic heterocycles. The zero-order chi connectivity index (χ0) is 24.0. The second kappa shape index (κ2) is 15.4. The van der Waals surface area contributed by atoms with Crippen LogP contribution < -0.4 is 11.5 Å². The van der Waals surface area contributed by atoms with Crippen LogP contribution in [0.15, 0.2) is 0 Å². The molecule has 0 saturated carbocycles. The molecule has 11 nitrogen and oxygen atoms in total. The summed E-state index contributed by atoms with van der Waals surface area (Å²) in [5.74, 6) is 0. The monoisotopic (exact) mass is 520 g/mol. The van der Waals surface area contributed by atoms with Gasteiger partial charge in [-0.25, -0.2) is 0 Å². The van der Waals surface area contributed by atoms with Gasteiger partial charge in [0.05, 0.1) is 0 Å². The minimum atomic E-state index is -3.62. The topological polar surface area (TPSA) is 135 Å². The van der Waals surface area contributed by atoms with E-state index in [9.17, 15) is 0 Å². The van der Waals surface area contributed by atoms with Gasteiger partial charge in [0.2, 0.25) is 0 Å². The second-order valence-corrected chi connectivity index (χ2v) is 18.7. The number of hydrogen-bond donors (Lipinski definition) is 2. The summed E-state index contributed by atoms with van der Waals surface area (Å²) in [6, 6.07) is 0.914. The van der Waals surface area contributed by atoms with Crippen molar-refractivity contribution in [3.63, 3.8) is 0 Å². The third kappa shape index (κ3) is 10.5. The van der Waals surface area contributed by atoms with Crippen molar-refractivity contribution in [2.75, 3.05) is 54.7 Å². The maximum Gasteiger partial charge on any atom is 0.493 e. The SMILES string of the molecule is CCO[Si](CCCN)(OCC)O[Si](CCCN)(O[Si](C)(OC)OC)O[Si](C)(OC)OC. The van der Waals surface area contributed by atoms with Gasteiger partial charge in [0.15, 0.2) is 0 Å². The third-order valence-electron chi connectivity index (χ3n) is 4.58. The smallest absolute Gasteiger partial charge is 0.377 e. The minimum Gasteiger partial charge on any atom is -0.377 e. The molecule has 0 unspecified atom stereocenters. The first-order valence-electron chi connectivity index (χ1n) is 10.6. The Morgan fingerprint density at radius 3 is 1.23 bits per heavy atom. The summed E-state index contributed by atoms with van der Waals surface area (Å²) in [5.41, 5.74) is 11.6. The Kier molecular flexibility index (Phi) is 15.6. The van der Waals surface area contributed by atoms with Crippen LogP contribution in [0.2, 0.25) is 25.2 Å². The lowest BCUT2D eigenvalue weighted by molar-refractivity contribution is 0.0518. The van der Waals surface area contributed by atoms with Gasteiger partial charge in [-0.1, -0.05) is 0 Å². The summed E-state index contributed by atoms with van der Waals surface area (Å²) in [6.45, 7) is 9.03. The van der Waals surface area contributed by atoms with Crippen LogP contribution in [0.3, 0.4) is 0 Å². The van der Waals surface area contributed by atoms with E-state index >= 15 is 0 Å². The highest BCUT2D eigenvalue weighted by molar-refractivity contribution is 6.84. The maximum absolute atomic E-state index is 6.74. The normalized spacial score (nSPS) is 13.7. The largest absolute Gasteiger partial charge is 0.493 e. The number of rotatable bonds is 20. The first-order chi connectivity index (χ1) is 14.6. The molecular weight excluding hydrogens is 477 g/mol. The van der Waals surface area contributed by atoms with E-state index < -0.39 is 35.2 Å². The summed E-state index contributed by atoms with van der Waals surface area (Å²) in [4.78, 5) is 0. The van der Waals surface area contributed by atoms with Gasteiger partial charge in [-0.2, -0.15) is 0 Å². The summed E-state index contributed by atoms with van der Waals surface area (Å²) >= 11 is 0. The Hall–Kier alpha value is 0.428. The summed E-state index contributed by atoms with van der Waals surface area (Å²) in [7, 11) is -6.96. The first kappa shape index (κ1) is 31.4. The Morgan fingerprint density at radius 2 is 0.935 bits per heavy atom. The van der Waals surface area contributed by atoms with E-state index in [1.807, 2.05) is 13.8 Å². The summed E-state index contributed by atoms with van der Waals surface area (Å²) in [5, 5.41) is 0. The van der Waals surface area contributed by atoms with Crippen LogP contribution in [-0.2, 0) is 38.9 Å². The third-order valence-corrected chi connectivity index (χ3v) is 18.9. The molecule has 0 atom stereocenters. The van der Waals surface area contributed by atoms with Crippen molar-refractivity contribution in [2.24, 2.45) is 11.5 Å². The molecule has 0 aromatic rings. The average molecular weight is 521 g/mol. The van der Waals surface area contributed by atoms with Gasteiger partial charge in [0.25, 0.3) is 0 Å². The zero-order valence-corrected chi connectivity index (χ0v) is 24.5. The van der Waals surface area contributed by atoms with Crippen LogP contribution in [0, 0.1) is 0 Å². The van der Waals surface area contributed by atoms with E-state index in [1.54, 1.807) is 13.1 Å². The maximum atomic E-state index is 6.74. The molecule has 0 amide bonds. The van der Waals surface area contributed by atoms with Crippen molar-refractivity contribution in [3.8, 4) is 0 Å². The fourth-order valence-corrected chi connectivity index (χ4v) is 17.1. The first-order valence-corrected chi connectivity index (χ1v) is 18.9. The molecule has 0 aliphatic carbocycles. The van der Waals surface area contributed by atoms with Crippen LogP contribution in [0.1, 0.15) is 26.7 Å². The second-order valence-electron chi connectivity index (χ2n) is 6.86. The van der Waals surface area contributed by atoms with E-state index in [0.29, 0.717) is 51.2 Å². The van der Waals surface area contributed by atoms with Crippen molar-refractivity contribution in [2.45, 2.75) is 51.9 Å². The highest BCUT2D eigenvalue weighted by Crippen LogP contribution is 2.33. The van der Waals surface area contributed by atoms with Gasteiger partial charge in [-0.15, -0.1) is 0 Å². The molecule has 0 aromatic carbocycles. The molecule has 31 heavy (non-hydrogen) atoms. The van der Waals surface area contributed by atoms with Crippen molar-refractivity contribution in [1.29, 1.82) is 0 Å². The van der Waals surface area contributed by atoms with Gasteiger partial charge in [0, 0.05) is 66.8 Å². The lowest BCUT2D eigenvalue weighted by Crippen LogP contribution is -2.67. The minimum absolute atomic E-state index is 0.394. The van der Waals surface area contributed by atoms with E-state index in [4.69, 9.17) is 50.4 Å². The molecule has 0 bridgehead atoms. The van der Waals surface area contributed by atoms with Gasteiger partial charge in [-0.3, -0.25) is 0 Å². The zero-order valence-electron chi connectivity index (χ0n) is 20.5. The van der Waals surface area contributed by atoms with E-state index in [1.165, 1.54) is 28.4 Å². The number of nitrogens with two attached hydrogens (primary N) is 2. The van der Waals surface area contributed by atoms with Gasteiger partial charge < -0.3 is 50.4 Å². The van der Waals surface area contributed by atoms with Gasteiger partial charge in [-0.05, 0) is 39.8 Å². The molecule has 4 N–H and O–H groups in total. The lowest BCUT2D eigenvalue weighted by Gasteiger charge is -2.43. The molecule has 0 rings (SSSR count). The molecule has 15 heteroatoms. The average Bonchev–Trinajstić information content (AvgIpc) is 2.76. The summed E-state index contributed by atoms with van der Waals surface area (Å²) in [6.07, 6.45) is 1.25. The lowest BCUT2D eigenvalue weighted by atomic mass is 10.5. The molecule has 0 aliphatic rings. The van der Waals surface area contributed by atoms with Gasteiger partial charge >= 0.3 is 35.2 Å². The van der Waals surface area contributed by atoms with Crippen molar-refractivity contribution < 1.29 is 38.9 Å². The van der Waals surface area contributed by atoms with E-state index in [2.05, 4.69) is 0 Å².